The number of carbonyl (C=O) groups is 2. The van der Waals surface area contributed by atoms with Crippen LogP contribution in [0.4, 0.5) is 0 Å². The molecule has 0 aliphatic carbocycles. The molecule has 0 atom stereocenters. The number of hydrogen-bond donors (Lipinski definition) is 2. The number of thioether (sulfide) groups is 2. The van der Waals surface area contributed by atoms with E-state index < -0.39 is 0 Å². The molecule has 0 saturated carbocycles. The molecule has 0 rings (SSSR count). The van der Waals surface area contributed by atoms with E-state index in [9.17, 15) is 9.59 Å². The first-order valence-electron chi connectivity index (χ1n) is 9.31. The number of amides is 2. The molecule has 0 aromatic carbocycles. The van der Waals surface area contributed by atoms with Gasteiger partial charge in [0.05, 0.1) is 11.5 Å². The van der Waals surface area contributed by atoms with Gasteiger partial charge in [0.25, 0.3) is 0 Å². The highest BCUT2D eigenvalue weighted by Crippen LogP contribution is 2.25. The van der Waals surface area contributed by atoms with Gasteiger partial charge in [-0.1, -0.05) is 41.5 Å². The Hall–Kier alpha value is -0.360. The van der Waals surface area contributed by atoms with Crippen molar-refractivity contribution in [3.8, 4) is 0 Å². The Morgan fingerprint density at radius 1 is 0.615 bits per heavy atom. The fraction of sp³-hybridized carbons (Fsp3) is 0.900. The smallest absolute Gasteiger partial charge is 0.230 e. The van der Waals surface area contributed by atoms with Gasteiger partial charge in [0.1, 0.15) is 0 Å². The van der Waals surface area contributed by atoms with Crippen LogP contribution in [0.3, 0.4) is 0 Å². The summed E-state index contributed by atoms with van der Waals surface area (Å²) in [6.45, 7) is 20.8. The summed E-state index contributed by atoms with van der Waals surface area (Å²) in [6, 6.07) is 0. The van der Waals surface area contributed by atoms with Crippen molar-refractivity contribution in [2.75, 3.05) is 11.5 Å². The molecule has 26 heavy (non-hydrogen) atoms. The van der Waals surface area contributed by atoms with E-state index in [4.69, 9.17) is 0 Å². The molecule has 2 N–H and O–H groups in total. The molecule has 0 spiro atoms. The zero-order chi connectivity index (χ0) is 20.8. The van der Waals surface area contributed by atoms with Crippen molar-refractivity contribution in [1.29, 1.82) is 0 Å². The summed E-state index contributed by atoms with van der Waals surface area (Å²) >= 11 is 3.30. The first-order valence-corrected chi connectivity index (χ1v) is 11.3. The van der Waals surface area contributed by atoms with Crippen molar-refractivity contribution in [2.45, 2.75) is 103 Å². The van der Waals surface area contributed by atoms with Gasteiger partial charge in [-0.05, 0) is 40.5 Å². The van der Waals surface area contributed by atoms with E-state index in [1.54, 1.807) is 23.5 Å². The lowest BCUT2D eigenvalue weighted by molar-refractivity contribution is -0.121. The molecule has 0 unspecified atom stereocenters. The summed E-state index contributed by atoms with van der Waals surface area (Å²) in [4.78, 5) is 24.4. The van der Waals surface area contributed by atoms with Crippen LogP contribution in [0.15, 0.2) is 0 Å². The molecule has 0 aromatic heterocycles. The quantitative estimate of drug-likeness (QED) is 0.589. The predicted molar refractivity (Wildman–Crippen MR) is 118 cm³/mol. The molecule has 0 radical (unpaired) electrons. The minimum Gasteiger partial charge on any atom is -0.351 e. The average Bonchev–Trinajstić information content (AvgIpc) is 2.39. The van der Waals surface area contributed by atoms with E-state index in [0.717, 1.165) is 12.8 Å². The van der Waals surface area contributed by atoms with Gasteiger partial charge in [0, 0.05) is 20.6 Å². The maximum Gasteiger partial charge on any atom is 0.230 e. The number of nitrogens with one attached hydrogen (secondary N) is 2. The Morgan fingerprint density at radius 2 is 0.885 bits per heavy atom. The summed E-state index contributed by atoms with van der Waals surface area (Å²) in [5.41, 5.74) is -0.588. The summed E-state index contributed by atoms with van der Waals surface area (Å²) in [5, 5.41) is 6.25. The van der Waals surface area contributed by atoms with E-state index in [2.05, 4.69) is 52.2 Å². The zero-order valence-electron chi connectivity index (χ0n) is 18.5. The van der Waals surface area contributed by atoms with Crippen LogP contribution in [-0.4, -0.2) is 43.9 Å². The van der Waals surface area contributed by atoms with Crippen LogP contribution in [0.2, 0.25) is 0 Å². The van der Waals surface area contributed by atoms with Crippen molar-refractivity contribution < 1.29 is 9.59 Å². The third-order valence-electron chi connectivity index (χ3n) is 3.60. The number of rotatable bonds is 9. The maximum atomic E-state index is 12.2. The molecule has 154 valence electrons. The van der Waals surface area contributed by atoms with E-state index in [1.165, 1.54) is 0 Å². The summed E-state index contributed by atoms with van der Waals surface area (Å²) < 4.78 is 0.164. The summed E-state index contributed by atoms with van der Waals surface area (Å²) in [5.74, 6) is 1.07. The molecular formula is C20H40N2O2S2. The maximum absolute atomic E-state index is 12.2. The standard InChI is InChI=1S/C20H40N2O2S2/c1-17(2,3)25-13-15(23)21-19(7,8)11-12-20(9,10)22-16(24)14-26-18(4,5)6/h11-14H2,1-10H3,(H,21,23)(H,22,24). The summed E-state index contributed by atoms with van der Waals surface area (Å²) in [6.07, 6.45) is 1.61. The predicted octanol–water partition coefficient (Wildman–Crippen LogP) is 4.62. The lowest BCUT2D eigenvalue weighted by atomic mass is 9.89. The second-order valence-electron chi connectivity index (χ2n) is 10.2. The van der Waals surface area contributed by atoms with Gasteiger partial charge in [0.2, 0.25) is 11.8 Å². The molecule has 0 aliphatic rings. The average molecular weight is 405 g/mol. The van der Waals surface area contributed by atoms with Gasteiger partial charge >= 0.3 is 0 Å². The van der Waals surface area contributed by atoms with Gasteiger partial charge in [-0.15, -0.1) is 23.5 Å². The van der Waals surface area contributed by atoms with Crippen molar-refractivity contribution >= 4 is 35.3 Å². The molecule has 0 fully saturated rings. The Balaban J connectivity index is 4.40. The molecule has 0 aliphatic heterocycles. The monoisotopic (exact) mass is 404 g/mol. The lowest BCUT2D eigenvalue weighted by Crippen LogP contribution is -2.49. The Morgan fingerprint density at radius 3 is 1.12 bits per heavy atom. The first kappa shape index (κ1) is 25.6. The first-order chi connectivity index (χ1) is 11.4. The largest absolute Gasteiger partial charge is 0.351 e. The molecule has 0 bridgehead atoms. The van der Waals surface area contributed by atoms with Gasteiger partial charge in [-0.3, -0.25) is 9.59 Å². The van der Waals surface area contributed by atoms with Crippen molar-refractivity contribution in [2.24, 2.45) is 0 Å². The van der Waals surface area contributed by atoms with Crippen molar-refractivity contribution in [1.82, 2.24) is 10.6 Å². The third kappa shape index (κ3) is 14.8. The van der Waals surface area contributed by atoms with Crippen LogP contribution in [0, 0.1) is 0 Å². The minimum atomic E-state index is -0.294. The number of carbonyl (C=O) groups excluding carboxylic acids is 2. The fourth-order valence-corrected chi connectivity index (χ4v) is 3.41. The number of hydrogen-bond acceptors (Lipinski definition) is 4. The SMILES string of the molecule is CC(C)(CCC(C)(C)NC(=O)CSC(C)(C)C)NC(=O)CSC(C)(C)C. The fourth-order valence-electron chi connectivity index (χ4n) is 2.14. The molecule has 0 heterocycles. The third-order valence-corrected chi connectivity index (χ3v) is 6.15. The lowest BCUT2D eigenvalue weighted by Gasteiger charge is -2.33. The van der Waals surface area contributed by atoms with Crippen LogP contribution in [0.1, 0.15) is 82.1 Å². The van der Waals surface area contributed by atoms with E-state index in [1.807, 2.05) is 27.7 Å². The molecule has 0 aromatic rings. The van der Waals surface area contributed by atoms with Gasteiger partial charge in [-0.2, -0.15) is 0 Å². The van der Waals surface area contributed by atoms with Crippen LogP contribution in [0.25, 0.3) is 0 Å². The summed E-state index contributed by atoms with van der Waals surface area (Å²) in [7, 11) is 0. The second-order valence-corrected chi connectivity index (χ2v) is 13.8. The molecule has 2 amide bonds. The highest BCUT2D eigenvalue weighted by Gasteiger charge is 2.27. The van der Waals surface area contributed by atoms with Crippen LogP contribution >= 0.6 is 23.5 Å². The Kier molecular flexibility index (Phi) is 9.58. The normalized spacial score (nSPS) is 13.5. The van der Waals surface area contributed by atoms with Crippen molar-refractivity contribution in [3.63, 3.8) is 0 Å². The van der Waals surface area contributed by atoms with Gasteiger partial charge in [0.15, 0.2) is 0 Å². The zero-order valence-corrected chi connectivity index (χ0v) is 20.1. The minimum absolute atomic E-state index is 0.0679. The van der Waals surface area contributed by atoms with E-state index in [0.29, 0.717) is 11.5 Å². The van der Waals surface area contributed by atoms with Gasteiger partial charge < -0.3 is 10.6 Å². The Bertz CT molecular complexity index is 431. The second kappa shape index (κ2) is 9.72. The van der Waals surface area contributed by atoms with Crippen molar-refractivity contribution in [3.05, 3.63) is 0 Å². The van der Waals surface area contributed by atoms with Crippen LogP contribution in [0.5, 0.6) is 0 Å². The highest BCUT2D eigenvalue weighted by molar-refractivity contribution is 8.01. The van der Waals surface area contributed by atoms with Crippen LogP contribution < -0.4 is 10.6 Å². The molecular weight excluding hydrogens is 364 g/mol. The Labute approximate surface area is 169 Å². The molecule has 6 heteroatoms. The van der Waals surface area contributed by atoms with Crippen LogP contribution in [-0.2, 0) is 9.59 Å². The van der Waals surface area contributed by atoms with Gasteiger partial charge in [-0.25, -0.2) is 0 Å². The van der Waals surface area contributed by atoms with E-state index >= 15 is 0 Å². The topological polar surface area (TPSA) is 58.2 Å². The molecule has 4 nitrogen and oxygen atoms in total. The van der Waals surface area contributed by atoms with E-state index in [-0.39, 0.29) is 32.4 Å². The highest BCUT2D eigenvalue weighted by atomic mass is 32.2. The molecule has 0 saturated heterocycles.